The number of hydrogen-bond donors (Lipinski definition) is 4. The molecule has 5 N–H and O–H groups in total. The van der Waals surface area contributed by atoms with Gasteiger partial charge in [0.15, 0.2) is 11.5 Å². The number of carbonyl (C=O) groups is 1. The molecule has 5 nitrogen and oxygen atoms in total. The first-order valence-corrected chi connectivity index (χ1v) is 5.91. The Morgan fingerprint density at radius 2 is 1.75 bits per heavy atom. The Morgan fingerprint density at radius 1 is 1.05 bits per heavy atom. The van der Waals surface area contributed by atoms with Crippen molar-refractivity contribution in [1.29, 1.82) is 0 Å². The summed E-state index contributed by atoms with van der Waals surface area (Å²) in [6.07, 6.45) is 2.87. The standard InChI is InChI=1S/C15H14N2O3/c16-11-3-5-12(6-4-11)17-15(20)8-2-10-1-7-13(18)14(19)9-10/h1-9,18-19H,16H2,(H,17,20)/b8-2-. The fourth-order valence-corrected chi connectivity index (χ4v) is 1.57. The summed E-state index contributed by atoms with van der Waals surface area (Å²) >= 11 is 0. The number of benzene rings is 2. The first-order chi connectivity index (χ1) is 9.54. The molecule has 0 heterocycles. The van der Waals surface area contributed by atoms with Gasteiger partial charge in [-0.15, -0.1) is 0 Å². The summed E-state index contributed by atoms with van der Waals surface area (Å²) in [6.45, 7) is 0. The Kier molecular flexibility index (Phi) is 3.91. The number of nitrogens with two attached hydrogens (primary N) is 1. The van der Waals surface area contributed by atoms with Gasteiger partial charge in [-0.3, -0.25) is 4.79 Å². The van der Waals surface area contributed by atoms with Crippen LogP contribution >= 0.6 is 0 Å². The van der Waals surface area contributed by atoms with Gasteiger partial charge in [-0.05, 0) is 48.0 Å². The Hall–Kier alpha value is -2.95. The van der Waals surface area contributed by atoms with Crippen LogP contribution in [-0.4, -0.2) is 16.1 Å². The maximum Gasteiger partial charge on any atom is 0.248 e. The van der Waals surface area contributed by atoms with E-state index in [0.29, 0.717) is 16.9 Å². The van der Waals surface area contributed by atoms with Crippen molar-refractivity contribution in [2.45, 2.75) is 0 Å². The number of nitrogen functional groups attached to an aromatic ring is 1. The molecule has 0 unspecified atom stereocenters. The van der Waals surface area contributed by atoms with Crippen molar-refractivity contribution in [3.8, 4) is 11.5 Å². The van der Waals surface area contributed by atoms with Gasteiger partial charge in [-0.2, -0.15) is 0 Å². The lowest BCUT2D eigenvalue weighted by molar-refractivity contribution is -0.111. The fourth-order valence-electron chi connectivity index (χ4n) is 1.57. The maximum atomic E-state index is 11.7. The highest BCUT2D eigenvalue weighted by Crippen LogP contribution is 2.25. The van der Waals surface area contributed by atoms with E-state index in [1.54, 1.807) is 30.3 Å². The molecule has 102 valence electrons. The number of phenols is 2. The summed E-state index contributed by atoms with van der Waals surface area (Å²) in [5.41, 5.74) is 7.42. The average molecular weight is 270 g/mol. The molecule has 1 amide bonds. The molecule has 0 aliphatic carbocycles. The normalized spacial score (nSPS) is 10.6. The molecule has 0 aromatic heterocycles. The van der Waals surface area contributed by atoms with Gasteiger partial charge < -0.3 is 21.3 Å². The lowest BCUT2D eigenvalue weighted by Crippen LogP contribution is -2.07. The lowest BCUT2D eigenvalue weighted by Gasteiger charge is -2.02. The van der Waals surface area contributed by atoms with Crippen molar-refractivity contribution >= 4 is 23.4 Å². The predicted octanol–water partition coefficient (Wildman–Crippen LogP) is 2.33. The second-order valence-corrected chi connectivity index (χ2v) is 4.19. The maximum absolute atomic E-state index is 11.7. The molecule has 0 aliphatic heterocycles. The Labute approximate surface area is 116 Å². The summed E-state index contributed by atoms with van der Waals surface area (Å²) in [7, 11) is 0. The number of rotatable bonds is 3. The number of amides is 1. The molecule has 0 radical (unpaired) electrons. The SMILES string of the molecule is Nc1ccc(NC(=O)/C=C\c2ccc(O)c(O)c2)cc1. The van der Waals surface area contributed by atoms with E-state index in [0.717, 1.165) is 0 Å². The van der Waals surface area contributed by atoms with Crippen LogP contribution in [0.1, 0.15) is 5.56 Å². The van der Waals surface area contributed by atoms with E-state index in [9.17, 15) is 15.0 Å². The van der Waals surface area contributed by atoms with Crippen LogP contribution in [0.25, 0.3) is 6.08 Å². The fraction of sp³-hybridized carbons (Fsp3) is 0. The molecule has 2 rings (SSSR count). The molecule has 5 heteroatoms. The van der Waals surface area contributed by atoms with E-state index in [-0.39, 0.29) is 17.4 Å². The zero-order chi connectivity index (χ0) is 14.5. The van der Waals surface area contributed by atoms with Gasteiger partial charge in [0.2, 0.25) is 5.91 Å². The van der Waals surface area contributed by atoms with Gasteiger partial charge >= 0.3 is 0 Å². The third kappa shape index (κ3) is 3.52. The Balaban J connectivity index is 2.01. The Morgan fingerprint density at radius 3 is 2.40 bits per heavy atom. The molecule has 0 aliphatic rings. The summed E-state index contributed by atoms with van der Waals surface area (Å²) in [4.78, 5) is 11.7. The molecule has 0 atom stereocenters. The second-order valence-electron chi connectivity index (χ2n) is 4.19. The molecule has 2 aromatic carbocycles. The topological polar surface area (TPSA) is 95.6 Å². The summed E-state index contributed by atoms with van der Waals surface area (Å²) in [5, 5.41) is 21.2. The third-order valence-corrected chi connectivity index (χ3v) is 2.60. The minimum absolute atomic E-state index is 0.200. The molecular weight excluding hydrogens is 256 g/mol. The van der Waals surface area contributed by atoms with E-state index in [4.69, 9.17) is 5.73 Å². The van der Waals surface area contributed by atoms with Crippen LogP contribution < -0.4 is 11.1 Å². The minimum atomic E-state index is -0.303. The van der Waals surface area contributed by atoms with Crippen LogP contribution in [0.4, 0.5) is 11.4 Å². The number of anilines is 2. The van der Waals surface area contributed by atoms with Crippen molar-refractivity contribution in [2.75, 3.05) is 11.1 Å². The monoisotopic (exact) mass is 270 g/mol. The zero-order valence-electron chi connectivity index (χ0n) is 10.6. The van der Waals surface area contributed by atoms with Gasteiger partial charge in [-0.1, -0.05) is 6.07 Å². The van der Waals surface area contributed by atoms with Crippen molar-refractivity contribution in [1.82, 2.24) is 0 Å². The highest BCUT2D eigenvalue weighted by atomic mass is 16.3. The van der Waals surface area contributed by atoms with Crippen molar-refractivity contribution in [3.63, 3.8) is 0 Å². The van der Waals surface area contributed by atoms with E-state index in [1.807, 2.05) is 0 Å². The summed E-state index contributed by atoms with van der Waals surface area (Å²) in [6, 6.07) is 11.1. The van der Waals surface area contributed by atoms with E-state index < -0.39 is 0 Å². The molecule has 0 fully saturated rings. The minimum Gasteiger partial charge on any atom is -0.504 e. The van der Waals surface area contributed by atoms with E-state index in [1.165, 1.54) is 24.3 Å². The van der Waals surface area contributed by atoms with E-state index >= 15 is 0 Å². The first kappa shape index (κ1) is 13.5. The third-order valence-electron chi connectivity index (χ3n) is 2.60. The molecule has 2 aromatic rings. The van der Waals surface area contributed by atoms with Crippen LogP contribution in [0.2, 0.25) is 0 Å². The van der Waals surface area contributed by atoms with Gasteiger partial charge in [0, 0.05) is 17.5 Å². The van der Waals surface area contributed by atoms with Crippen LogP contribution in [0.5, 0.6) is 11.5 Å². The van der Waals surface area contributed by atoms with Crippen molar-refractivity contribution < 1.29 is 15.0 Å². The summed E-state index contributed by atoms with van der Waals surface area (Å²) < 4.78 is 0. The number of nitrogens with one attached hydrogen (secondary N) is 1. The largest absolute Gasteiger partial charge is 0.504 e. The molecule has 0 bridgehead atoms. The predicted molar refractivity (Wildman–Crippen MR) is 78.3 cm³/mol. The molecular formula is C15H14N2O3. The van der Waals surface area contributed by atoms with Crippen LogP contribution in [0.3, 0.4) is 0 Å². The van der Waals surface area contributed by atoms with Crippen LogP contribution in [-0.2, 0) is 4.79 Å². The lowest BCUT2D eigenvalue weighted by atomic mass is 10.2. The average Bonchev–Trinajstić information content (AvgIpc) is 2.43. The number of hydrogen-bond acceptors (Lipinski definition) is 4. The van der Waals surface area contributed by atoms with Gasteiger partial charge in [0.05, 0.1) is 0 Å². The summed E-state index contributed by atoms with van der Waals surface area (Å²) in [5.74, 6) is -0.734. The quantitative estimate of drug-likeness (QED) is 0.391. The van der Waals surface area contributed by atoms with Crippen molar-refractivity contribution in [2.24, 2.45) is 0 Å². The molecule has 0 spiro atoms. The molecule has 0 saturated heterocycles. The van der Waals surface area contributed by atoms with Crippen molar-refractivity contribution in [3.05, 3.63) is 54.1 Å². The second kappa shape index (κ2) is 5.79. The smallest absolute Gasteiger partial charge is 0.248 e. The van der Waals surface area contributed by atoms with Gasteiger partial charge in [-0.25, -0.2) is 0 Å². The highest BCUT2D eigenvalue weighted by Gasteiger charge is 2.00. The van der Waals surface area contributed by atoms with Crippen LogP contribution in [0, 0.1) is 0 Å². The zero-order valence-corrected chi connectivity index (χ0v) is 10.6. The molecule has 20 heavy (non-hydrogen) atoms. The number of aromatic hydroxyl groups is 2. The van der Waals surface area contributed by atoms with Crippen LogP contribution in [0.15, 0.2) is 48.5 Å². The Bertz CT molecular complexity index is 649. The van der Waals surface area contributed by atoms with E-state index in [2.05, 4.69) is 5.32 Å². The van der Waals surface area contributed by atoms with Gasteiger partial charge in [0.25, 0.3) is 0 Å². The first-order valence-electron chi connectivity index (χ1n) is 5.91. The number of carbonyl (C=O) groups excluding carboxylic acids is 1. The molecule has 0 saturated carbocycles. The number of phenolic OH excluding ortho intramolecular Hbond substituents is 2. The highest BCUT2D eigenvalue weighted by molar-refractivity contribution is 6.02. The van der Waals surface area contributed by atoms with Gasteiger partial charge in [0.1, 0.15) is 0 Å².